The number of nitrogens with two attached hydrogens (primary N) is 1. The molecule has 3 aliphatic carbocycles. The molecule has 5 rings (SSSR count). The van der Waals surface area contributed by atoms with Crippen LogP contribution in [0.3, 0.4) is 0 Å². The molecule has 0 unspecified atom stereocenters. The van der Waals surface area contributed by atoms with Gasteiger partial charge in [-0.2, -0.15) is 0 Å². The quantitative estimate of drug-likeness (QED) is 0.256. The molecule has 38 heavy (non-hydrogen) atoms. The average molecular weight is 520 g/mol. The minimum absolute atomic E-state index is 0.0246. The van der Waals surface area contributed by atoms with Gasteiger partial charge in [0.25, 0.3) is 5.91 Å². The van der Waals surface area contributed by atoms with Gasteiger partial charge in [-0.3, -0.25) is 14.4 Å². The Bertz CT molecular complexity index is 1440. The van der Waals surface area contributed by atoms with Gasteiger partial charge in [-0.25, -0.2) is 0 Å². The van der Waals surface area contributed by atoms with Crippen molar-refractivity contribution in [1.82, 2.24) is 0 Å². The van der Waals surface area contributed by atoms with Gasteiger partial charge in [0, 0.05) is 44.2 Å². The zero-order valence-electron chi connectivity index (χ0n) is 21.0. The van der Waals surface area contributed by atoms with E-state index >= 15 is 0 Å². The molecular formula is C28H29N3O7. The first-order chi connectivity index (χ1) is 18.0. The number of Topliss-reactive ketones (excluding diaryl/α,β-unsaturated/α-hetero) is 2. The number of phenols is 1. The lowest BCUT2D eigenvalue weighted by atomic mass is 9.60. The van der Waals surface area contributed by atoms with Crippen molar-refractivity contribution in [2.24, 2.45) is 17.6 Å². The molecule has 0 saturated carbocycles. The number of hydrogen-bond donors (Lipinski definition) is 6. The second-order valence-electron chi connectivity index (χ2n) is 10.3. The van der Waals surface area contributed by atoms with E-state index in [4.69, 9.17) is 5.73 Å². The van der Waals surface area contributed by atoms with Gasteiger partial charge in [-0.1, -0.05) is 30.3 Å². The average Bonchev–Trinajstić information content (AvgIpc) is 2.86. The van der Waals surface area contributed by atoms with Crippen LogP contribution in [0.1, 0.15) is 34.3 Å². The molecule has 2 aromatic carbocycles. The van der Waals surface area contributed by atoms with Crippen molar-refractivity contribution in [2.45, 2.75) is 31.4 Å². The lowest BCUT2D eigenvalue weighted by Gasteiger charge is -2.46. The van der Waals surface area contributed by atoms with Gasteiger partial charge in [0.05, 0.1) is 11.3 Å². The van der Waals surface area contributed by atoms with Crippen molar-refractivity contribution in [3.05, 3.63) is 75.8 Å². The molecule has 10 heteroatoms. The number of anilines is 2. The van der Waals surface area contributed by atoms with Gasteiger partial charge in [-0.15, -0.1) is 0 Å². The van der Waals surface area contributed by atoms with Crippen LogP contribution in [0.5, 0.6) is 5.75 Å². The number of phenolic OH excluding ortho intramolecular Hbond substituents is 1. The summed E-state index contributed by atoms with van der Waals surface area (Å²) in [7, 11) is 3.63. The van der Waals surface area contributed by atoms with Crippen LogP contribution in [0.2, 0.25) is 0 Å². The maximum absolute atomic E-state index is 13.9. The minimum Gasteiger partial charge on any atom is -0.511 e. The van der Waals surface area contributed by atoms with Gasteiger partial charge in [0.1, 0.15) is 22.8 Å². The van der Waals surface area contributed by atoms with Gasteiger partial charge in [0.15, 0.2) is 11.4 Å². The third-order valence-electron chi connectivity index (χ3n) is 7.85. The Kier molecular flexibility index (Phi) is 5.94. The number of aliphatic hydroxyl groups excluding tert-OH is 2. The molecule has 0 spiro atoms. The molecular weight excluding hydrogens is 490 g/mol. The van der Waals surface area contributed by atoms with Crippen molar-refractivity contribution in [3.8, 4) is 5.75 Å². The number of carbonyl (C=O) groups excluding carboxylic acids is 3. The predicted octanol–water partition coefficient (Wildman–Crippen LogP) is 2.26. The summed E-state index contributed by atoms with van der Waals surface area (Å²) in [6.45, 7) is 0.381. The highest BCUT2D eigenvalue weighted by Crippen LogP contribution is 2.53. The van der Waals surface area contributed by atoms with E-state index in [1.807, 2.05) is 49.3 Å². The molecule has 0 heterocycles. The van der Waals surface area contributed by atoms with Gasteiger partial charge in [-0.05, 0) is 36.0 Å². The second kappa shape index (κ2) is 8.91. The number of allylic oxidation sites excluding steroid dienone is 2. The summed E-state index contributed by atoms with van der Waals surface area (Å²) in [4.78, 5) is 40.6. The first kappa shape index (κ1) is 25.3. The Balaban J connectivity index is 1.62. The summed E-state index contributed by atoms with van der Waals surface area (Å²) in [5.74, 6) is -6.45. The SMILES string of the molecule is CN(C)c1cc(NCc2ccccc2)c(O)c2c1C[C@H]1C[C@H]3CC(O)=C(C(N)=O)C(=O)[C@@]3(O)C(O)=C1C2=O. The number of carbonyl (C=O) groups is 3. The van der Waals surface area contributed by atoms with Crippen molar-refractivity contribution >= 4 is 28.8 Å². The van der Waals surface area contributed by atoms with Crippen LogP contribution in [-0.4, -0.2) is 57.6 Å². The monoisotopic (exact) mass is 519 g/mol. The fourth-order valence-corrected chi connectivity index (χ4v) is 5.99. The molecule has 2 aromatic rings. The standard InChI is InChI=1S/C28H29N3O7/c1-31(2)18-11-17(30-12-13-6-4-3-5-7-13)23(33)21-16(18)9-14-8-15-10-19(32)22(27(29)37)26(36)28(15,38)25(35)20(14)24(21)34/h3-7,11,14-15,30,32-33,35,38H,8-10,12H2,1-2H3,(H2,29,37)/t14-,15+,28+/m1/s1. The number of aromatic hydroxyl groups is 1. The Labute approximate surface area is 218 Å². The summed E-state index contributed by atoms with van der Waals surface area (Å²) in [5.41, 5.74) is 4.21. The Hall–Kier alpha value is -4.31. The number of ketones is 2. The fraction of sp³-hybridized carbons (Fsp3) is 0.321. The zero-order chi connectivity index (χ0) is 27.5. The zero-order valence-corrected chi connectivity index (χ0v) is 21.0. The smallest absolute Gasteiger partial charge is 0.255 e. The van der Waals surface area contributed by atoms with Gasteiger partial charge < -0.3 is 36.4 Å². The molecule has 10 nitrogen and oxygen atoms in total. The lowest BCUT2D eigenvalue weighted by molar-refractivity contribution is -0.144. The van der Waals surface area contributed by atoms with Crippen molar-refractivity contribution in [2.75, 3.05) is 24.3 Å². The van der Waals surface area contributed by atoms with E-state index in [1.54, 1.807) is 6.07 Å². The molecule has 198 valence electrons. The third-order valence-corrected chi connectivity index (χ3v) is 7.85. The molecule has 0 fully saturated rings. The van der Waals surface area contributed by atoms with E-state index in [9.17, 15) is 34.8 Å². The van der Waals surface area contributed by atoms with Crippen LogP contribution in [0.15, 0.2) is 59.1 Å². The lowest BCUT2D eigenvalue weighted by Crippen LogP contribution is -2.57. The largest absolute Gasteiger partial charge is 0.511 e. The van der Waals surface area contributed by atoms with Crippen molar-refractivity contribution < 1.29 is 34.8 Å². The number of hydrogen-bond acceptors (Lipinski definition) is 9. The maximum atomic E-state index is 13.9. The molecule has 3 atom stereocenters. The number of benzene rings is 2. The summed E-state index contributed by atoms with van der Waals surface area (Å²) in [6, 6.07) is 11.3. The fourth-order valence-electron chi connectivity index (χ4n) is 5.99. The molecule has 0 radical (unpaired) electrons. The summed E-state index contributed by atoms with van der Waals surface area (Å²) < 4.78 is 0. The molecule has 1 amide bonds. The van der Waals surface area contributed by atoms with Crippen molar-refractivity contribution in [1.29, 1.82) is 0 Å². The number of amides is 1. The van der Waals surface area contributed by atoms with E-state index in [1.165, 1.54) is 0 Å². The number of primary amides is 1. The van der Waals surface area contributed by atoms with E-state index < -0.39 is 52.0 Å². The highest BCUT2D eigenvalue weighted by atomic mass is 16.3. The minimum atomic E-state index is -2.58. The Morgan fingerprint density at radius 3 is 2.45 bits per heavy atom. The molecule has 0 aromatic heterocycles. The molecule has 0 saturated heterocycles. The normalized spacial score (nSPS) is 24.5. The van der Waals surface area contributed by atoms with Crippen LogP contribution in [0.25, 0.3) is 0 Å². The van der Waals surface area contributed by atoms with Crippen molar-refractivity contribution in [3.63, 3.8) is 0 Å². The van der Waals surface area contributed by atoms with Gasteiger partial charge >= 0.3 is 0 Å². The van der Waals surface area contributed by atoms with Crippen LogP contribution in [0, 0.1) is 11.8 Å². The summed E-state index contributed by atoms with van der Waals surface area (Å²) in [6.07, 6.45) is 0.0719. The van der Waals surface area contributed by atoms with E-state index in [0.29, 0.717) is 23.5 Å². The number of nitrogens with one attached hydrogen (secondary N) is 1. The van der Waals surface area contributed by atoms with Gasteiger partial charge in [0.2, 0.25) is 5.78 Å². The summed E-state index contributed by atoms with van der Waals surface area (Å²) in [5, 5.41) is 47.3. The third kappa shape index (κ3) is 3.63. The van der Waals surface area contributed by atoms with Crippen LogP contribution in [0.4, 0.5) is 11.4 Å². The van der Waals surface area contributed by atoms with E-state index in [2.05, 4.69) is 5.32 Å². The topological polar surface area (TPSA) is 173 Å². The first-order valence-electron chi connectivity index (χ1n) is 12.3. The summed E-state index contributed by atoms with van der Waals surface area (Å²) >= 11 is 0. The van der Waals surface area contributed by atoms with Crippen LogP contribution in [-0.2, 0) is 22.6 Å². The number of rotatable bonds is 5. The predicted molar refractivity (Wildman–Crippen MR) is 139 cm³/mol. The second-order valence-corrected chi connectivity index (χ2v) is 10.3. The number of nitrogens with zero attached hydrogens (tertiary/aromatic N) is 1. The van der Waals surface area contributed by atoms with E-state index in [0.717, 1.165) is 5.56 Å². The molecule has 7 N–H and O–H groups in total. The maximum Gasteiger partial charge on any atom is 0.255 e. The highest BCUT2D eigenvalue weighted by molar-refractivity contribution is 6.24. The molecule has 0 aliphatic heterocycles. The Morgan fingerprint density at radius 2 is 1.82 bits per heavy atom. The van der Waals surface area contributed by atoms with E-state index in [-0.39, 0.29) is 36.1 Å². The van der Waals surface area contributed by atoms with Crippen LogP contribution >= 0.6 is 0 Å². The number of aliphatic hydroxyl groups is 3. The molecule has 3 aliphatic rings. The highest BCUT2D eigenvalue weighted by Gasteiger charge is 2.59. The molecule has 0 bridgehead atoms. The number of fused-ring (bicyclic) bond motifs is 3. The Morgan fingerprint density at radius 1 is 1.13 bits per heavy atom. The van der Waals surface area contributed by atoms with Crippen LogP contribution < -0.4 is 16.0 Å². The first-order valence-corrected chi connectivity index (χ1v) is 12.3.